The highest BCUT2D eigenvalue weighted by atomic mass is 19.4. The Morgan fingerprint density at radius 2 is 2.11 bits per heavy atom. The molecule has 0 bridgehead atoms. The van der Waals surface area contributed by atoms with Gasteiger partial charge in [0.1, 0.15) is 12.4 Å². The summed E-state index contributed by atoms with van der Waals surface area (Å²) in [6, 6.07) is 5.19. The van der Waals surface area contributed by atoms with Crippen LogP contribution in [0.1, 0.15) is 5.56 Å². The molecule has 0 saturated heterocycles. The highest BCUT2D eigenvalue weighted by Gasteiger charge is 2.34. The molecule has 4 nitrogen and oxygen atoms in total. The third-order valence-electron chi connectivity index (χ3n) is 2.45. The second-order valence-electron chi connectivity index (χ2n) is 3.87. The molecule has 0 saturated carbocycles. The lowest BCUT2D eigenvalue weighted by atomic mass is 10.1. The first-order chi connectivity index (χ1) is 8.97. The minimum Gasteiger partial charge on any atom is -0.491 e. The van der Waals surface area contributed by atoms with E-state index in [4.69, 9.17) is 10.5 Å². The van der Waals surface area contributed by atoms with Crippen molar-refractivity contribution in [3.63, 3.8) is 0 Å². The second kappa shape index (κ2) is 5.21. The largest absolute Gasteiger partial charge is 0.491 e. The molecule has 102 valence electrons. The van der Waals surface area contributed by atoms with Gasteiger partial charge in [-0.3, -0.25) is 4.68 Å². The van der Waals surface area contributed by atoms with E-state index in [1.165, 1.54) is 12.1 Å². The molecule has 0 radical (unpaired) electrons. The summed E-state index contributed by atoms with van der Waals surface area (Å²) >= 11 is 0. The van der Waals surface area contributed by atoms with Crippen molar-refractivity contribution in [2.75, 3.05) is 12.3 Å². The van der Waals surface area contributed by atoms with E-state index in [9.17, 15) is 13.2 Å². The van der Waals surface area contributed by atoms with Crippen LogP contribution in [0.25, 0.3) is 0 Å². The van der Waals surface area contributed by atoms with Crippen molar-refractivity contribution >= 4 is 5.69 Å². The van der Waals surface area contributed by atoms with E-state index in [1.807, 2.05) is 0 Å². The van der Waals surface area contributed by atoms with Crippen molar-refractivity contribution in [3.05, 3.63) is 42.2 Å². The van der Waals surface area contributed by atoms with E-state index < -0.39 is 11.7 Å². The topological polar surface area (TPSA) is 53.1 Å². The Morgan fingerprint density at radius 1 is 1.32 bits per heavy atom. The minimum absolute atomic E-state index is 0.0479. The van der Waals surface area contributed by atoms with Gasteiger partial charge in [0.25, 0.3) is 0 Å². The average molecular weight is 271 g/mol. The van der Waals surface area contributed by atoms with Crippen molar-refractivity contribution in [1.29, 1.82) is 0 Å². The maximum atomic E-state index is 12.8. The molecular weight excluding hydrogens is 259 g/mol. The number of halogens is 3. The molecule has 0 fully saturated rings. The number of anilines is 1. The van der Waals surface area contributed by atoms with E-state index in [1.54, 1.807) is 23.1 Å². The number of hydrogen-bond donors (Lipinski definition) is 1. The Labute approximate surface area is 107 Å². The highest BCUT2D eigenvalue weighted by Crippen LogP contribution is 2.37. The number of alkyl halides is 3. The van der Waals surface area contributed by atoms with Gasteiger partial charge in [0, 0.05) is 18.1 Å². The highest BCUT2D eigenvalue weighted by molar-refractivity contribution is 5.49. The first-order valence-corrected chi connectivity index (χ1v) is 5.54. The average Bonchev–Trinajstić information content (AvgIpc) is 2.83. The van der Waals surface area contributed by atoms with Crippen LogP contribution in [0.5, 0.6) is 5.75 Å². The van der Waals surface area contributed by atoms with Crippen molar-refractivity contribution in [1.82, 2.24) is 9.78 Å². The molecule has 1 aromatic heterocycles. The van der Waals surface area contributed by atoms with Crippen LogP contribution in [-0.2, 0) is 12.7 Å². The summed E-state index contributed by atoms with van der Waals surface area (Å²) in [6.07, 6.45) is -1.20. The maximum Gasteiger partial charge on any atom is 0.420 e. The van der Waals surface area contributed by atoms with Crippen LogP contribution in [0.3, 0.4) is 0 Å². The van der Waals surface area contributed by atoms with E-state index in [-0.39, 0.29) is 18.0 Å². The number of hydrogen-bond acceptors (Lipinski definition) is 3. The first-order valence-electron chi connectivity index (χ1n) is 5.54. The molecule has 2 aromatic rings. The van der Waals surface area contributed by atoms with Crippen LogP contribution in [0.2, 0.25) is 0 Å². The third-order valence-corrected chi connectivity index (χ3v) is 2.45. The molecular formula is C12H12F3N3O. The Bertz CT molecular complexity index is 538. The summed E-state index contributed by atoms with van der Waals surface area (Å²) in [7, 11) is 0. The lowest BCUT2D eigenvalue weighted by Gasteiger charge is -2.14. The standard InChI is InChI=1S/C12H12F3N3O/c13-12(14,15)10-8-9(16)2-3-11(10)19-7-6-18-5-1-4-17-18/h1-5,8H,6-7,16H2. The van der Waals surface area contributed by atoms with Gasteiger partial charge in [0.15, 0.2) is 0 Å². The Kier molecular flexibility index (Phi) is 3.64. The fourth-order valence-electron chi connectivity index (χ4n) is 1.58. The monoisotopic (exact) mass is 271 g/mol. The second-order valence-corrected chi connectivity index (χ2v) is 3.87. The van der Waals surface area contributed by atoms with Gasteiger partial charge in [-0.2, -0.15) is 18.3 Å². The van der Waals surface area contributed by atoms with Crippen molar-refractivity contribution in [3.8, 4) is 5.75 Å². The van der Waals surface area contributed by atoms with E-state index in [0.717, 1.165) is 6.07 Å². The summed E-state index contributed by atoms with van der Waals surface area (Å²) in [5.74, 6) is -0.228. The van der Waals surface area contributed by atoms with Gasteiger partial charge < -0.3 is 10.5 Å². The Hall–Kier alpha value is -2.18. The van der Waals surface area contributed by atoms with Crippen molar-refractivity contribution < 1.29 is 17.9 Å². The maximum absolute atomic E-state index is 12.8. The predicted octanol–water partition coefficient (Wildman–Crippen LogP) is 2.56. The molecule has 19 heavy (non-hydrogen) atoms. The molecule has 2 rings (SSSR count). The lowest BCUT2D eigenvalue weighted by Crippen LogP contribution is -2.13. The van der Waals surface area contributed by atoms with E-state index >= 15 is 0 Å². The number of ether oxygens (including phenoxy) is 1. The third kappa shape index (κ3) is 3.40. The van der Waals surface area contributed by atoms with Gasteiger partial charge in [0.05, 0.1) is 12.1 Å². The minimum atomic E-state index is -4.49. The van der Waals surface area contributed by atoms with Gasteiger partial charge >= 0.3 is 6.18 Å². The lowest BCUT2D eigenvalue weighted by molar-refractivity contribution is -0.138. The molecule has 1 aromatic carbocycles. The summed E-state index contributed by atoms with van der Waals surface area (Å²) in [5, 5.41) is 3.93. The number of aromatic nitrogens is 2. The first kappa shape index (κ1) is 13.3. The van der Waals surface area contributed by atoms with Crippen LogP contribution in [-0.4, -0.2) is 16.4 Å². The number of nitrogen functional groups attached to an aromatic ring is 1. The number of rotatable bonds is 4. The van der Waals surface area contributed by atoms with Gasteiger partial charge in [-0.15, -0.1) is 0 Å². The molecule has 0 spiro atoms. The zero-order chi connectivity index (χ0) is 13.9. The van der Waals surface area contributed by atoms with Crippen LogP contribution in [0, 0.1) is 0 Å². The summed E-state index contributed by atoms with van der Waals surface area (Å²) in [5.41, 5.74) is 4.54. The fourth-order valence-corrected chi connectivity index (χ4v) is 1.58. The van der Waals surface area contributed by atoms with Gasteiger partial charge in [0.2, 0.25) is 0 Å². The zero-order valence-electron chi connectivity index (χ0n) is 9.89. The molecule has 0 atom stereocenters. The van der Waals surface area contributed by atoms with Crippen LogP contribution in [0.15, 0.2) is 36.7 Å². The molecule has 7 heteroatoms. The molecule has 2 N–H and O–H groups in total. The summed E-state index contributed by atoms with van der Waals surface area (Å²) in [6.45, 7) is 0.462. The van der Waals surface area contributed by atoms with Crippen LogP contribution >= 0.6 is 0 Å². The smallest absolute Gasteiger partial charge is 0.420 e. The van der Waals surface area contributed by atoms with Crippen LogP contribution in [0.4, 0.5) is 18.9 Å². The number of nitrogens with two attached hydrogens (primary N) is 1. The van der Waals surface area contributed by atoms with E-state index in [2.05, 4.69) is 5.10 Å². The van der Waals surface area contributed by atoms with Crippen molar-refractivity contribution in [2.45, 2.75) is 12.7 Å². The quantitative estimate of drug-likeness (QED) is 0.869. The Balaban J connectivity index is 2.07. The fraction of sp³-hybridized carbons (Fsp3) is 0.250. The molecule has 0 unspecified atom stereocenters. The predicted molar refractivity (Wildman–Crippen MR) is 63.6 cm³/mol. The molecule has 0 aliphatic rings. The molecule has 0 aliphatic heterocycles. The normalized spacial score (nSPS) is 11.5. The van der Waals surface area contributed by atoms with Crippen molar-refractivity contribution in [2.24, 2.45) is 0 Å². The molecule has 1 heterocycles. The molecule has 0 amide bonds. The SMILES string of the molecule is Nc1ccc(OCCn2cccn2)c(C(F)(F)F)c1. The van der Waals surface area contributed by atoms with Gasteiger partial charge in [-0.1, -0.05) is 0 Å². The molecule has 0 aliphatic carbocycles. The van der Waals surface area contributed by atoms with Gasteiger partial charge in [-0.25, -0.2) is 0 Å². The Morgan fingerprint density at radius 3 is 2.74 bits per heavy atom. The summed E-state index contributed by atoms with van der Waals surface area (Å²) < 4.78 is 45.1. The number of benzene rings is 1. The van der Waals surface area contributed by atoms with Gasteiger partial charge in [-0.05, 0) is 24.3 Å². The zero-order valence-corrected chi connectivity index (χ0v) is 9.89. The van der Waals surface area contributed by atoms with E-state index in [0.29, 0.717) is 6.54 Å². The number of nitrogens with zero attached hydrogens (tertiary/aromatic N) is 2. The van der Waals surface area contributed by atoms with Crippen LogP contribution < -0.4 is 10.5 Å². The summed E-state index contributed by atoms with van der Waals surface area (Å²) in [4.78, 5) is 0.